The SMILES string of the molecule is N#Cc1ccc(Cl)c(S(=O)(=O)N2CC(N)C2)c1. The number of nitrogens with zero attached hydrogens (tertiary/aromatic N) is 2. The van der Waals surface area contributed by atoms with Crippen LogP contribution in [0.2, 0.25) is 5.02 Å². The topological polar surface area (TPSA) is 87.2 Å². The maximum absolute atomic E-state index is 12.1. The van der Waals surface area contributed by atoms with Crippen LogP contribution in [0, 0.1) is 11.3 Å². The van der Waals surface area contributed by atoms with Crippen LogP contribution in [-0.2, 0) is 10.0 Å². The molecule has 5 nitrogen and oxygen atoms in total. The average Bonchev–Trinajstić information content (AvgIpc) is 2.25. The Bertz CT molecular complexity index is 588. The Labute approximate surface area is 104 Å². The van der Waals surface area contributed by atoms with E-state index in [-0.39, 0.29) is 34.6 Å². The Morgan fingerprint density at radius 3 is 2.65 bits per heavy atom. The van der Waals surface area contributed by atoms with E-state index in [1.54, 1.807) is 0 Å². The van der Waals surface area contributed by atoms with Crippen molar-refractivity contribution in [2.75, 3.05) is 13.1 Å². The molecule has 1 aliphatic heterocycles. The van der Waals surface area contributed by atoms with Crippen LogP contribution in [-0.4, -0.2) is 31.9 Å². The monoisotopic (exact) mass is 271 g/mol. The minimum Gasteiger partial charge on any atom is -0.325 e. The molecule has 0 aliphatic carbocycles. The highest BCUT2D eigenvalue weighted by atomic mass is 35.5. The number of sulfonamides is 1. The minimum absolute atomic E-state index is 0.0369. The summed E-state index contributed by atoms with van der Waals surface area (Å²) in [4.78, 5) is -0.0369. The van der Waals surface area contributed by atoms with Crippen LogP contribution in [0.3, 0.4) is 0 Å². The summed E-state index contributed by atoms with van der Waals surface area (Å²) in [5.41, 5.74) is 5.81. The predicted molar refractivity (Wildman–Crippen MR) is 62.9 cm³/mol. The zero-order valence-electron chi connectivity index (χ0n) is 8.80. The predicted octanol–water partition coefficient (Wildman–Crippen LogP) is 0.543. The summed E-state index contributed by atoms with van der Waals surface area (Å²) in [7, 11) is -3.63. The second-order valence-corrected chi connectivity index (χ2v) is 6.15. The van der Waals surface area contributed by atoms with E-state index in [4.69, 9.17) is 22.6 Å². The highest BCUT2D eigenvalue weighted by Crippen LogP contribution is 2.27. The normalized spacial score (nSPS) is 17.5. The first-order valence-corrected chi connectivity index (χ1v) is 6.72. The van der Waals surface area contributed by atoms with Gasteiger partial charge >= 0.3 is 0 Å². The number of halogens is 1. The fourth-order valence-corrected chi connectivity index (χ4v) is 3.63. The lowest BCUT2D eigenvalue weighted by atomic mass is 10.2. The van der Waals surface area contributed by atoms with Crippen molar-refractivity contribution in [3.05, 3.63) is 28.8 Å². The summed E-state index contributed by atoms with van der Waals surface area (Å²) >= 11 is 5.85. The molecule has 0 radical (unpaired) electrons. The third-order valence-corrected chi connectivity index (χ3v) is 4.87. The third-order valence-electron chi connectivity index (χ3n) is 2.55. The zero-order valence-corrected chi connectivity index (χ0v) is 10.4. The molecular weight excluding hydrogens is 262 g/mol. The van der Waals surface area contributed by atoms with Crippen LogP contribution >= 0.6 is 11.6 Å². The molecule has 0 unspecified atom stereocenters. The largest absolute Gasteiger partial charge is 0.325 e. The van der Waals surface area contributed by atoms with Gasteiger partial charge in [0.2, 0.25) is 10.0 Å². The average molecular weight is 272 g/mol. The number of hydrogen-bond acceptors (Lipinski definition) is 4. The van der Waals surface area contributed by atoms with Gasteiger partial charge in [-0.25, -0.2) is 8.42 Å². The Morgan fingerprint density at radius 1 is 1.47 bits per heavy atom. The van der Waals surface area contributed by atoms with Gasteiger partial charge in [-0.1, -0.05) is 11.6 Å². The molecule has 1 heterocycles. The second kappa shape index (κ2) is 4.27. The zero-order chi connectivity index (χ0) is 12.6. The van der Waals surface area contributed by atoms with Gasteiger partial charge in [0, 0.05) is 19.1 Å². The first kappa shape index (κ1) is 12.3. The molecule has 0 saturated carbocycles. The van der Waals surface area contributed by atoms with Crippen molar-refractivity contribution in [1.82, 2.24) is 4.31 Å². The van der Waals surface area contributed by atoms with Crippen LogP contribution in [0.25, 0.3) is 0 Å². The molecule has 90 valence electrons. The lowest BCUT2D eigenvalue weighted by Gasteiger charge is -2.35. The number of benzene rings is 1. The second-order valence-electron chi connectivity index (χ2n) is 3.84. The molecule has 1 aromatic rings. The van der Waals surface area contributed by atoms with E-state index in [9.17, 15) is 8.42 Å². The standard InChI is InChI=1S/C10H10ClN3O2S/c11-9-2-1-7(4-12)3-10(9)17(15,16)14-5-8(13)6-14/h1-3,8H,5-6,13H2. The molecule has 0 atom stereocenters. The lowest BCUT2D eigenvalue weighted by Crippen LogP contribution is -2.57. The Balaban J connectivity index is 2.43. The number of nitriles is 1. The number of hydrogen-bond donors (Lipinski definition) is 1. The fraction of sp³-hybridized carbons (Fsp3) is 0.300. The van der Waals surface area contributed by atoms with Gasteiger partial charge in [-0.05, 0) is 18.2 Å². The highest BCUT2D eigenvalue weighted by Gasteiger charge is 2.35. The molecular formula is C10H10ClN3O2S. The van der Waals surface area contributed by atoms with E-state index in [0.29, 0.717) is 0 Å². The van der Waals surface area contributed by atoms with E-state index in [2.05, 4.69) is 0 Å². The summed E-state index contributed by atoms with van der Waals surface area (Å²) in [6, 6.07) is 5.93. The van der Waals surface area contributed by atoms with Gasteiger partial charge in [-0.15, -0.1) is 0 Å². The molecule has 0 spiro atoms. The van der Waals surface area contributed by atoms with Crippen molar-refractivity contribution in [3.63, 3.8) is 0 Å². The van der Waals surface area contributed by atoms with Crippen molar-refractivity contribution in [2.24, 2.45) is 5.73 Å². The van der Waals surface area contributed by atoms with Gasteiger partial charge in [-0.2, -0.15) is 9.57 Å². The van der Waals surface area contributed by atoms with Gasteiger partial charge in [0.1, 0.15) is 4.90 Å². The van der Waals surface area contributed by atoms with Crippen molar-refractivity contribution in [3.8, 4) is 6.07 Å². The summed E-state index contributed by atoms with van der Waals surface area (Å²) in [6.07, 6.45) is 0. The van der Waals surface area contributed by atoms with Crippen molar-refractivity contribution in [1.29, 1.82) is 5.26 Å². The van der Waals surface area contributed by atoms with E-state index >= 15 is 0 Å². The van der Waals surface area contributed by atoms with Gasteiger partial charge in [0.15, 0.2) is 0 Å². The van der Waals surface area contributed by atoms with Crippen molar-refractivity contribution >= 4 is 21.6 Å². The molecule has 0 bridgehead atoms. The van der Waals surface area contributed by atoms with Crippen LogP contribution < -0.4 is 5.73 Å². The Morgan fingerprint density at radius 2 is 2.12 bits per heavy atom. The molecule has 1 aromatic carbocycles. The van der Waals surface area contributed by atoms with E-state index in [1.807, 2.05) is 6.07 Å². The third kappa shape index (κ3) is 2.15. The molecule has 0 aromatic heterocycles. The lowest BCUT2D eigenvalue weighted by molar-refractivity contribution is 0.265. The van der Waals surface area contributed by atoms with Crippen LogP contribution in [0.4, 0.5) is 0 Å². The van der Waals surface area contributed by atoms with Gasteiger partial charge in [0.25, 0.3) is 0 Å². The van der Waals surface area contributed by atoms with Gasteiger partial charge in [-0.3, -0.25) is 0 Å². The van der Waals surface area contributed by atoms with Crippen molar-refractivity contribution in [2.45, 2.75) is 10.9 Å². The number of rotatable bonds is 2. The first-order chi connectivity index (χ1) is 7.95. The summed E-state index contributed by atoms with van der Waals surface area (Å²) in [5, 5.41) is 8.86. The highest BCUT2D eigenvalue weighted by molar-refractivity contribution is 7.89. The summed E-state index contributed by atoms with van der Waals surface area (Å²) in [5.74, 6) is 0. The summed E-state index contributed by atoms with van der Waals surface area (Å²) < 4.78 is 25.5. The molecule has 7 heteroatoms. The molecule has 0 amide bonds. The summed E-state index contributed by atoms with van der Waals surface area (Å²) in [6.45, 7) is 0.574. The van der Waals surface area contributed by atoms with Crippen LogP contribution in [0.1, 0.15) is 5.56 Å². The smallest absolute Gasteiger partial charge is 0.244 e. The van der Waals surface area contributed by atoms with Gasteiger partial charge < -0.3 is 5.73 Å². The molecule has 1 fully saturated rings. The molecule has 17 heavy (non-hydrogen) atoms. The maximum Gasteiger partial charge on any atom is 0.244 e. The molecule has 2 rings (SSSR count). The number of nitrogens with two attached hydrogens (primary N) is 1. The van der Waals surface area contributed by atoms with Gasteiger partial charge in [0.05, 0.1) is 16.7 Å². The quantitative estimate of drug-likeness (QED) is 0.851. The Hall–Kier alpha value is -1.13. The Kier molecular flexibility index (Phi) is 3.10. The minimum atomic E-state index is -3.63. The van der Waals surface area contributed by atoms with E-state index in [1.165, 1.54) is 22.5 Å². The van der Waals surface area contributed by atoms with Crippen LogP contribution in [0.5, 0.6) is 0 Å². The van der Waals surface area contributed by atoms with Crippen molar-refractivity contribution < 1.29 is 8.42 Å². The molecule has 1 saturated heterocycles. The van der Waals surface area contributed by atoms with E-state index < -0.39 is 10.0 Å². The molecule has 2 N–H and O–H groups in total. The van der Waals surface area contributed by atoms with E-state index in [0.717, 1.165) is 0 Å². The molecule has 1 aliphatic rings. The fourth-order valence-electron chi connectivity index (χ4n) is 1.58. The van der Waals surface area contributed by atoms with Crippen LogP contribution in [0.15, 0.2) is 23.1 Å². The first-order valence-electron chi connectivity index (χ1n) is 4.90. The maximum atomic E-state index is 12.1.